The van der Waals surface area contributed by atoms with Gasteiger partial charge in [-0.1, -0.05) is 38.0 Å². The van der Waals surface area contributed by atoms with Crippen molar-refractivity contribution in [2.45, 2.75) is 32.6 Å². The summed E-state index contributed by atoms with van der Waals surface area (Å²) in [5.41, 5.74) is 1.23. The van der Waals surface area contributed by atoms with Gasteiger partial charge in [-0.3, -0.25) is 0 Å². The molecule has 0 spiro atoms. The molecule has 2 aromatic carbocycles. The lowest BCUT2D eigenvalue weighted by Crippen LogP contribution is -2.10. The molecule has 0 saturated carbocycles. The summed E-state index contributed by atoms with van der Waals surface area (Å²) in [5.74, 6) is -1.23. The van der Waals surface area contributed by atoms with Crippen LogP contribution in [0.3, 0.4) is 0 Å². The van der Waals surface area contributed by atoms with Crippen LogP contribution in [-0.4, -0.2) is 25.2 Å². The summed E-state index contributed by atoms with van der Waals surface area (Å²) >= 11 is 0. The Morgan fingerprint density at radius 1 is 0.846 bits per heavy atom. The number of benzene rings is 2. The summed E-state index contributed by atoms with van der Waals surface area (Å²) in [6.07, 6.45) is 3.23. The van der Waals surface area contributed by atoms with E-state index in [9.17, 15) is 14.0 Å². The predicted octanol–water partition coefficient (Wildman–Crippen LogP) is 4.57. The highest BCUT2D eigenvalue weighted by Crippen LogP contribution is 2.10. The van der Waals surface area contributed by atoms with Crippen molar-refractivity contribution in [3.05, 3.63) is 71.0 Å². The maximum absolute atomic E-state index is 13.5. The van der Waals surface area contributed by atoms with Gasteiger partial charge in [-0.2, -0.15) is 0 Å². The number of ether oxygens (including phenoxy) is 2. The summed E-state index contributed by atoms with van der Waals surface area (Å²) in [6.45, 7) is 2.56. The van der Waals surface area contributed by atoms with Crippen LogP contribution in [0.4, 0.5) is 4.39 Å². The second-order valence-corrected chi connectivity index (χ2v) is 5.90. The molecule has 0 bridgehead atoms. The highest BCUT2D eigenvalue weighted by molar-refractivity contribution is 5.93. The molecule has 2 aromatic rings. The van der Waals surface area contributed by atoms with Gasteiger partial charge in [0.1, 0.15) is 5.82 Å². The molecule has 0 saturated heterocycles. The molecule has 0 aliphatic rings. The Balaban J connectivity index is 1.80. The van der Waals surface area contributed by atoms with Crippen molar-refractivity contribution in [1.82, 2.24) is 0 Å². The average molecular weight is 358 g/mol. The van der Waals surface area contributed by atoms with Crippen LogP contribution >= 0.6 is 0 Å². The van der Waals surface area contributed by atoms with Crippen molar-refractivity contribution in [2.24, 2.45) is 0 Å². The van der Waals surface area contributed by atoms with Crippen LogP contribution in [0.5, 0.6) is 0 Å². The van der Waals surface area contributed by atoms with Crippen LogP contribution in [-0.2, 0) is 15.9 Å². The van der Waals surface area contributed by atoms with Crippen LogP contribution in [0.25, 0.3) is 0 Å². The summed E-state index contributed by atoms with van der Waals surface area (Å²) in [7, 11) is 0. The van der Waals surface area contributed by atoms with Gasteiger partial charge < -0.3 is 9.47 Å². The molecule has 138 valence electrons. The van der Waals surface area contributed by atoms with Gasteiger partial charge in [0.15, 0.2) is 0 Å². The van der Waals surface area contributed by atoms with E-state index in [1.54, 1.807) is 18.2 Å². The normalized spacial score (nSPS) is 10.4. The lowest BCUT2D eigenvalue weighted by Gasteiger charge is -2.07. The van der Waals surface area contributed by atoms with Gasteiger partial charge in [-0.25, -0.2) is 14.0 Å². The average Bonchev–Trinajstić information content (AvgIpc) is 2.66. The van der Waals surface area contributed by atoms with E-state index in [0.29, 0.717) is 29.7 Å². The highest BCUT2D eigenvalue weighted by Gasteiger charge is 2.11. The zero-order chi connectivity index (χ0) is 18.8. The van der Waals surface area contributed by atoms with Crippen molar-refractivity contribution in [3.8, 4) is 0 Å². The summed E-state index contributed by atoms with van der Waals surface area (Å²) in [6, 6.07) is 12.5. The molecule has 5 heteroatoms. The summed E-state index contributed by atoms with van der Waals surface area (Å²) < 4.78 is 23.8. The lowest BCUT2D eigenvalue weighted by atomic mass is 10.1. The summed E-state index contributed by atoms with van der Waals surface area (Å²) in [5, 5.41) is 0. The van der Waals surface area contributed by atoms with E-state index in [4.69, 9.17) is 9.47 Å². The molecule has 0 N–H and O–H groups in total. The maximum atomic E-state index is 13.5. The Morgan fingerprint density at radius 3 is 2.00 bits per heavy atom. The third kappa shape index (κ3) is 5.99. The third-order valence-corrected chi connectivity index (χ3v) is 3.90. The van der Waals surface area contributed by atoms with E-state index in [2.05, 4.69) is 6.92 Å². The minimum atomic E-state index is -0.510. The zero-order valence-electron chi connectivity index (χ0n) is 14.9. The first-order valence-corrected chi connectivity index (χ1v) is 8.79. The van der Waals surface area contributed by atoms with Crippen molar-refractivity contribution < 1.29 is 23.5 Å². The van der Waals surface area contributed by atoms with Crippen LogP contribution in [0.15, 0.2) is 48.5 Å². The Bertz CT molecular complexity index is 725. The van der Waals surface area contributed by atoms with Gasteiger partial charge in [0, 0.05) is 6.42 Å². The molecule has 0 radical (unpaired) electrons. The second kappa shape index (κ2) is 10.3. The molecule has 0 heterocycles. The first kappa shape index (κ1) is 19.6. The van der Waals surface area contributed by atoms with E-state index < -0.39 is 11.9 Å². The van der Waals surface area contributed by atoms with Gasteiger partial charge in [-0.15, -0.1) is 0 Å². The molecule has 0 aliphatic heterocycles. The SMILES string of the molecule is CCCCCOC(=O)c1ccc(C(=O)OCCc2ccccc2F)cc1. The topological polar surface area (TPSA) is 52.6 Å². The number of hydrogen-bond acceptors (Lipinski definition) is 4. The number of carbonyl (C=O) groups is 2. The standard InChI is InChI=1S/C21H23FO4/c1-2-3-6-14-25-20(23)17-9-11-18(12-10-17)21(24)26-15-13-16-7-4-5-8-19(16)22/h4-5,7-12H,2-3,6,13-15H2,1H3. The zero-order valence-corrected chi connectivity index (χ0v) is 14.9. The third-order valence-electron chi connectivity index (χ3n) is 3.90. The quantitative estimate of drug-likeness (QED) is 0.487. The van der Waals surface area contributed by atoms with E-state index in [-0.39, 0.29) is 12.4 Å². The highest BCUT2D eigenvalue weighted by atomic mass is 19.1. The van der Waals surface area contributed by atoms with Gasteiger partial charge in [0.25, 0.3) is 0 Å². The molecule has 0 aromatic heterocycles. The number of esters is 2. The molecule has 0 fully saturated rings. The number of unbranched alkanes of at least 4 members (excludes halogenated alkanes) is 2. The van der Waals surface area contributed by atoms with Crippen LogP contribution < -0.4 is 0 Å². The van der Waals surface area contributed by atoms with Crippen LogP contribution in [0.2, 0.25) is 0 Å². The number of rotatable bonds is 9. The minimum absolute atomic E-state index is 0.0843. The minimum Gasteiger partial charge on any atom is -0.462 e. The van der Waals surface area contributed by atoms with Gasteiger partial charge >= 0.3 is 11.9 Å². The predicted molar refractivity (Wildman–Crippen MR) is 96.6 cm³/mol. The molecule has 2 rings (SSSR count). The molecular weight excluding hydrogens is 335 g/mol. The number of carbonyl (C=O) groups excluding carboxylic acids is 2. The fraction of sp³-hybridized carbons (Fsp3) is 0.333. The van der Waals surface area contributed by atoms with Gasteiger partial charge in [-0.05, 0) is 42.3 Å². The lowest BCUT2D eigenvalue weighted by molar-refractivity contribution is 0.0488. The Labute approximate surface area is 152 Å². The van der Waals surface area contributed by atoms with E-state index in [0.717, 1.165) is 19.3 Å². The van der Waals surface area contributed by atoms with Crippen molar-refractivity contribution in [3.63, 3.8) is 0 Å². The largest absolute Gasteiger partial charge is 0.462 e. The smallest absolute Gasteiger partial charge is 0.338 e. The molecule has 4 nitrogen and oxygen atoms in total. The molecule has 0 amide bonds. The Morgan fingerprint density at radius 2 is 1.42 bits per heavy atom. The van der Waals surface area contributed by atoms with Gasteiger partial charge in [0.05, 0.1) is 24.3 Å². The van der Waals surface area contributed by atoms with Crippen molar-refractivity contribution >= 4 is 11.9 Å². The monoisotopic (exact) mass is 358 g/mol. The van der Waals surface area contributed by atoms with Crippen LogP contribution in [0.1, 0.15) is 52.5 Å². The molecule has 26 heavy (non-hydrogen) atoms. The van der Waals surface area contributed by atoms with Crippen molar-refractivity contribution in [2.75, 3.05) is 13.2 Å². The molecule has 0 unspecified atom stereocenters. The fourth-order valence-electron chi connectivity index (χ4n) is 2.38. The molecule has 0 aliphatic carbocycles. The van der Waals surface area contributed by atoms with Gasteiger partial charge in [0.2, 0.25) is 0 Å². The van der Waals surface area contributed by atoms with E-state index in [1.807, 2.05) is 0 Å². The van der Waals surface area contributed by atoms with Crippen molar-refractivity contribution in [1.29, 1.82) is 0 Å². The maximum Gasteiger partial charge on any atom is 0.338 e. The summed E-state index contributed by atoms with van der Waals surface area (Å²) in [4.78, 5) is 23.9. The Hall–Kier alpha value is -2.69. The van der Waals surface area contributed by atoms with E-state index >= 15 is 0 Å². The molecular formula is C21H23FO4. The second-order valence-electron chi connectivity index (χ2n) is 5.90. The number of halogens is 1. The molecule has 0 atom stereocenters. The number of hydrogen-bond donors (Lipinski definition) is 0. The Kier molecular flexibility index (Phi) is 7.80. The fourth-order valence-corrected chi connectivity index (χ4v) is 2.38. The first-order valence-electron chi connectivity index (χ1n) is 8.79. The van der Waals surface area contributed by atoms with Crippen LogP contribution in [0, 0.1) is 5.82 Å². The first-order chi connectivity index (χ1) is 12.6. The van der Waals surface area contributed by atoms with E-state index in [1.165, 1.54) is 30.3 Å².